The minimum absolute atomic E-state index is 0.0607. The molecule has 2 rings (SSSR count). The summed E-state index contributed by atoms with van der Waals surface area (Å²) in [4.78, 5) is 11.8. The van der Waals surface area contributed by atoms with Crippen LogP contribution in [0.5, 0.6) is 0 Å². The number of carbonyl (C=O) groups excluding carboxylic acids is 1. The van der Waals surface area contributed by atoms with Crippen molar-refractivity contribution in [1.82, 2.24) is 5.32 Å². The molecule has 2 aromatic rings. The molecule has 0 spiro atoms. The Morgan fingerprint density at radius 2 is 1.83 bits per heavy atom. The fraction of sp³-hybridized carbons (Fsp3) is 0.312. The Morgan fingerprint density at radius 3 is 2.50 bits per heavy atom. The maximum atomic E-state index is 12.9. The summed E-state index contributed by atoms with van der Waals surface area (Å²) in [6, 6.07) is 8.64. The van der Waals surface area contributed by atoms with E-state index < -0.39 is 18.7 Å². The Bertz CT molecular complexity index is 665. The summed E-state index contributed by atoms with van der Waals surface area (Å²) >= 11 is 0. The first-order chi connectivity index (χ1) is 11.3. The van der Waals surface area contributed by atoms with Crippen LogP contribution in [0.4, 0.5) is 17.6 Å². The van der Waals surface area contributed by atoms with E-state index in [-0.39, 0.29) is 31.1 Å². The molecule has 1 aromatic carbocycles. The predicted molar refractivity (Wildman–Crippen MR) is 77.9 cm³/mol. The molecule has 0 aliphatic heterocycles. The van der Waals surface area contributed by atoms with Gasteiger partial charge in [-0.15, -0.1) is 0 Å². The van der Waals surface area contributed by atoms with Crippen molar-refractivity contribution in [1.29, 1.82) is 0 Å². The first-order valence-corrected chi connectivity index (χ1v) is 7.13. The van der Waals surface area contributed by atoms with Crippen molar-refractivity contribution in [3.8, 4) is 11.3 Å². The minimum atomic E-state index is -4.35. The third kappa shape index (κ3) is 5.69. The van der Waals surface area contributed by atoms with E-state index in [0.717, 1.165) is 0 Å². The summed E-state index contributed by atoms with van der Waals surface area (Å²) in [6.07, 6.45) is -4.11. The van der Waals surface area contributed by atoms with E-state index in [0.29, 0.717) is 11.3 Å². The smallest absolute Gasteiger partial charge is 0.411 e. The Kier molecular flexibility index (Phi) is 5.97. The van der Waals surface area contributed by atoms with Crippen LogP contribution in [0.3, 0.4) is 0 Å². The lowest BCUT2D eigenvalue weighted by Gasteiger charge is -2.07. The molecule has 1 amide bonds. The molecular formula is C16H15F4NO3. The van der Waals surface area contributed by atoms with Gasteiger partial charge in [-0.2, -0.15) is 13.2 Å². The van der Waals surface area contributed by atoms with Gasteiger partial charge < -0.3 is 14.5 Å². The zero-order chi connectivity index (χ0) is 17.6. The number of rotatable bonds is 7. The largest absolute Gasteiger partial charge is 0.451 e. The number of furan rings is 1. The topological polar surface area (TPSA) is 51.5 Å². The molecule has 0 bridgehead atoms. The summed E-state index contributed by atoms with van der Waals surface area (Å²) in [5.74, 6) is -0.394. The molecule has 1 aromatic heterocycles. The number of alkyl halides is 3. The molecule has 4 nitrogen and oxygen atoms in total. The quantitative estimate of drug-likeness (QED) is 0.614. The average molecular weight is 345 g/mol. The average Bonchev–Trinajstić information content (AvgIpc) is 3.00. The number of carbonyl (C=O) groups is 1. The van der Waals surface area contributed by atoms with Gasteiger partial charge in [-0.25, -0.2) is 4.39 Å². The molecule has 0 radical (unpaired) electrons. The van der Waals surface area contributed by atoms with Crippen molar-refractivity contribution in [3.05, 3.63) is 48.0 Å². The summed E-state index contributed by atoms with van der Waals surface area (Å²) in [5, 5.41) is 2.52. The highest BCUT2D eigenvalue weighted by Gasteiger charge is 2.27. The second kappa shape index (κ2) is 7.96. The van der Waals surface area contributed by atoms with Crippen LogP contribution in [0, 0.1) is 5.82 Å². The SMILES string of the molecule is O=C(NCCCOCC(F)(F)F)c1ccc(-c2ccc(F)cc2)o1. The number of hydrogen-bond donors (Lipinski definition) is 1. The molecule has 8 heteroatoms. The molecule has 0 unspecified atom stereocenters. The maximum Gasteiger partial charge on any atom is 0.411 e. The molecule has 0 saturated carbocycles. The molecule has 0 fully saturated rings. The molecule has 24 heavy (non-hydrogen) atoms. The van der Waals surface area contributed by atoms with Crippen LogP contribution in [0.15, 0.2) is 40.8 Å². The van der Waals surface area contributed by atoms with Gasteiger partial charge in [-0.1, -0.05) is 0 Å². The first-order valence-electron chi connectivity index (χ1n) is 7.13. The molecule has 0 atom stereocenters. The maximum absolute atomic E-state index is 12.9. The van der Waals surface area contributed by atoms with Gasteiger partial charge in [0.25, 0.3) is 5.91 Å². The highest BCUT2D eigenvalue weighted by atomic mass is 19.4. The van der Waals surface area contributed by atoms with Crippen molar-refractivity contribution < 1.29 is 31.5 Å². The fourth-order valence-corrected chi connectivity index (χ4v) is 1.88. The van der Waals surface area contributed by atoms with Gasteiger partial charge >= 0.3 is 6.18 Å². The number of hydrogen-bond acceptors (Lipinski definition) is 3. The third-order valence-corrected chi connectivity index (χ3v) is 2.98. The number of amides is 1. The third-order valence-electron chi connectivity index (χ3n) is 2.98. The first kappa shape index (κ1) is 18.0. The highest BCUT2D eigenvalue weighted by Crippen LogP contribution is 2.22. The zero-order valence-corrected chi connectivity index (χ0v) is 12.5. The molecule has 1 heterocycles. The lowest BCUT2D eigenvalue weighted by molar-refractivity contribution is -0.173. The van der Waals surface area contributed by atoms with Crippen LogP contribution in [-0.2, 0) is 4.74 Å². The lowest BCUT2D eigenvalue weighted by Crippen LogP contribution is -2.25. The minimum Gasteiger partial charge on any atom is -0.451 e. The molecule has 1 N–H and O–H groups in total. The number of halogens is 4. The molecule has 0 aliphatic carbocycles. The van der Waals surface area contributed by atoms with Crippen LogP contribution in [0.1, 0.15) is 17.0 Å². The Hall–Kier alpha value is -2.35. The second-order valence-corrected chi connectivity index (χ2v) is 4.95. The van der Waals surface area contributed by atoms with Crippen molar-refractivity contribution in [2.75, 3.05) is 19.8 Å². The summed E-state index contributed by atoms with van der Waals surface area (Å²) in [7, 11) is 0. The van der Waals surface area contributed by atoms with E-state index in [1.807, 2.05) is 0 Å². The van der Waals surface area contributed by atoms with E-state index in [1.54, 1.807) is 6.07 Å². The van der Waals surface area contributed by atoms with Gasteiger partial charge in [0.15, 0.2) is 5.76 Å². The van der Waals surface area contributed by atoms with Crippen LogP contribution < -0.4 is 5.32 Å². The van der Waals surface area contributed by atoms with Gasteiger partial charge in [0, 0.05) is 18.7 Å². The highest BCUT2D eigenvalue weighted by molar-refractivity contribution is 5.92. The second-order valence-electron chi connectivity index (χ2n) is 4.95. The fourth-order valence-electron chi connectivity index (χ4n) is 1.88. The standard InChI is InChI=1S/C16H15F4NO3/c17-12-4-2-11(3-5-12)13-6-7-14(24-13)15(22)21-8-1-9-23-10-16(18,19)20/h2-7H,1,8-10H2,(H,21,22). The van der Waals surface area contributed by atoms with Crippen LogP contribution >= 0.6 is 0 Å². The monoisotopic (exact) mass is 345 g/mol. The number of benzene rings is 1. The van der Waals surface area contributed by atoms with E-state index >= 15 is 0 Å². The van der Waals surface area contributed by atoms with Crippen molar-refractivity contribution in [3.63, 3.8) is 0 Å². The Balaban J connectivity index is 1.76. The van der Waals surface area contributed by atoms with Crippen molar-refractivity contribution in [2.45, 2.75) is 12.6 Å². The van der Waals surface area contributed by atoms with Gasteiger partial charge in [0.05, 0.1) is 0 Å². The van der Waals surface area contributed by atoms with E-state index in [4.69, 9.17) is 4.42 Å². The summed E-state index contributed by atoms with van der Waals surface area (Å²) in [6.45, 7) is -1.26. The van der Waals surface area contributed by atoms with E-state index in [1.165, 1.54) is 30.3 Å². The van der Waals surface area contributed by atoms with Crippen LogP contribution in [0.2, 0.25) is 0 Å². The van der Waals surface area contributed by atoms with Gasteiger partial charge in [0.2, 0.25) is 0 Å². The van der Waals surface area contributed by atoms with E-state index in [9.17, 15) is 22.4 Å². The molecule has 0 saturated heterocycles. The molecule has 0 aliphatic rings. The van der Waals surface area contributed by atoms with Crippen molar-refractivity contribution in [2.24, 2.45) is 0 Å². The van der Waals surface area contributed by atoms with Crippen LogP contribution in [0.25, 0.3) is 11.3 Å². The van der Waals surface area contributed by atoms with Crippen molar-refractivity contribution >= 4 is 5.91 Å². The molecular weight excluding hydrogens is 330 g/mol. The normalized spacial score (nSPS) is 11.5. The zero-order valence-electron chi connectivity index (χ0n) is 12.5. The Labute approximate surface area is 135 Å². The lowest BCUT2D eigenvalue weighted by atomic mass is 10.2. The summed E-state index contributed by atoms with van der Waals surface area (Å²) in [5.41, 5.74) is 0.621. The van der Waals surface area contributed by atoms with Crippen LogP contribution in [-0.4, -0.2) is 31.8 Å². The summed E-state index contributed by atoms with van der Waals surface area (Å²) < 4.78 is 58.2. The molecule has 130 valence electrons. The Morgan fingerprint density at radius 1 is 1.12 bits per heavy atom. The number of ether oxygens (including phenoxy) is 1. The number of nitrogens with one attached hydrogen (secondary N) is 1. The van der Waals surface area contributed by atoms with E-state index in [2.05, 4.69) is 10.1 Å². The predicted octanol–water partition coefficient (Wildman–Crippen LogP) is 3.78. The van der Waals surface area contributed by atoms with Gasteiger partial charge in [-0.3, -0.25) is 4.79 Å². The van der Waals surface area contributed by atoms with Gasteiger partial charge in [-0.05, 0) is 42.8 Å². The van der Waals surface area contributed by atoms with Gasteiger partial charge in [0.1, 0.15) is 18.2 Å².